The van der Waals surface area contributed by atoms with Crippen molar-refractivity contribution in [3.8, 4) is 5.75 Å². The van der Waals surface area contributed by atoms with Gasteiger partial charge in [-0.15, -0.1) is 0 Å². The minimum absolute atomic E-state index is 0.200. The summed E-state index contributed by atoms with van der Waals surface area (Å²) in [5, 5.41) is 0. The lowest BCUT2D eigenvalue weighted by molar-refractivity contribution is 0.287. The van der Waals surface area contributed by atoms with Crippen LogP contribution in [-0.4, -0.2) is 0 Å². The lowest BCUT2D eigenvalue weighted by atomic mass is 9.77. The minimum Gasteiger partial charge on any atom is -0.488 e. The van der Waals surface area contributed by atoms with Crippen LogP contribution >= 0.6 is 0 Å². The molecular formula is C24H30O. The molecule has 0 aliphatic heterocycles. The molecule has 2 aromatic carbocycles. The molecule has 0 amide bonds. The van der Waals surface area contributed by atoms with E-state index < -0.39 is 0 Å². The lowest BCUT2D eigenvalue weighted by Crippen LogP contribution is -2.22. The second-order valence-corrected chi connectivity index (χ2v) is 8.62. The van der Waals surface area contributed by atoms with Gasteiger partial charge in [-0.3, -0.25) is 0 Å². The summed E-state index contributed by atoms with van der Waals surface area (Å²) in [7, 11) is 0. The molecule has 0 N–H and O–H groups in total. The molecule has 0 saturated heterocycles. The second-order valence-electron chi connectivity index (χ2n) is 8.62. The van der Waals surface area contributed by atoms with Crippen molar-refractivity contribution >= 4 is 0 Å². The largest absolute Gasteiger partial charge is 0.488 e. The monoisotopic (exact) mass is 334 g/mol. The molecule has 1 nitrogen and oxygen atoms in total. The molecule has 4 rings (SSSR count). The van der Waals surface area contributed by atoms with Crippen molar-refractivity contribution in [3.63, 3.8) is 0 Å². The highest BCUT2D eigenvalue weighted by molar-refractivity contribution is 5.48. The first-order valence-corrected chi connectivity index (χ1v) is 9.87. The number of ether oxygens (including phenoxy) is 1. The van der Waals surface area contributed by atoms with Gasteiger partial charge in [-0.25, -0.2) is 0 Å². The Morgan fingerprint density at radius 2 is 1.68 bits per heavy atom. The Morgan fingerprint density at radius 1 is 0.960 bits per heavy atom. The summed E-state index contributed by atoms with van der Waals surface area (Å²) < 4.78 is 6.52. The zero-order valence-electron chi connectivity index (χ0n) is 15.8. The van der Waals surface area contributed by atoms with Crippen LogP contribution in [0.2, 0.25) is 0 Å². The van der Waals surface area contributed by atoms with E-state index in [1.165, 1.54) is 48.1 Å². The molecule has 1 atom stereocenters. The van der Waals surface area contributed by atoms with Crippen LogP contribution in [0.25, 0.3) is 0 Å². The standard InChI is InChI=1S/C24H30O/c1-17(19-12-13-19)21-10-7-11-22(24(2,3)20-14-15-20)23(21)25-16-18-8-5-4-6-9-18/h4-11,17,19-20H,12-16H2,1-3H3. The average molecular weight is 335 g/mol. The first kappa shape index (κ1) is 16.7. The Labute approximate surface area is 152 Å². The van der Waals surface area contributed by atoms with Crippen molar-refractivity contribution in [2.45, 2.75) is 64.4 Å². The molecule has 0 spiro atoms. The highest BCUT2D eigenvalue weighted by Gasteiger charge is 2.41. The van der Waals surface area contributed by atoms with E-state index in [1.54, 1.807) is 0 Å². The molecule has 0 aromatic heterocycles. The number of para-hydroxylation sites is 1. The zero-order chi connectivity index (χ0) is 17.4. The summed E-state index contributed by atoms with van der Waals surface area (Å²) in [5.41, 5.74) is 4.28. The van der Waals surface area contributed by atoms with Crippen LogP contribution < -0.4 is 4.74 Å². The molecule has 2 aliphatic rings. The fraction of sp³-hybridized carbons (Fsp3) is 0.500. The Balaban J connectivity index is 1.69. The van der Waals surface area contributed by atoms with Crippen LogP contribution in [0, 0.1) is 11.8 Å². The van der Waals surface area contributed by atoms with Crippen molar-refractivity contribution in [3.05, 3.63) is 65.2 Å². The van der Waals surface area contributed by atoms with Gasteiger partial charge in [0.15, 0.2) is 0 Å². The van der Waals surface area contributed by atoms with Gasteiger partial charge in [-0.05, 0) is 60.0 Å². The van der Waals surface area contributed by atoms with E-state index in [-0.39, 0.29) is 5.41 Å². The lowest BCUT2D eigenvalue weighted by Gasteiger charge is -2.30. The fourth-order valence-electron chi connectivity index (χ4n) is 4.19. The maximum Gasteiger partial charge on any atom is 0.127 e. The maximum absolute atomic E-state index is 6.52. The van der Waals surface area contributed by atoms with Gasteiger partial charge in [0, 0.05) is 5.56 Å². The van der Waals surface area contributed by atoms with Crippen LogP contribution in [0.1, 0.15) is 69.1 Å². The van der Waals surface area contributed by atoms with Gasteiger partial charge in [0.05, 0.1) is 0 Å². The predicted octanol–water partition coefficient (Wildman–Crippen LogP) is 6.47. The van der Waals surface area contributed by atoms with Crippen molar-refractivity contribution in [2.24, 2.45) is 11.8 Å². The quantitative estimate of drug-likeness (QED) is 0.564. The van der Waals surface area contributed by atoms with E-state index in [2.05, 4.69) is 69.3 Å². The van der Waals surface area contributed by atoms with Crippen molar-refractivity contribution < 1.29 is 4.74 Å². The van der Waals surface area contributed by atoms with Crippen LogP contribution in [0.5, 0.6) is 5.75 Å². The van der Waals surface area contributed by atoms with Crippen molar-refractivity contribution in [1.82, 2.24) is 0 Å². The van der Waals surface area contributed by atoms with Crippen LogP contribution in [-0.2, 0) is 12.0 Å². The van der Waals surface area contributed by atoms with Crippen molar-refractivity contribution in [2.75, 3.05) is 0 Å². The third-order valence-corrected chi connectivity index (χ3v) is 6.38. The first-order chi connectivity index (χ1) is 12.1. The third-order valence-electron chi connectivity index (χ3n) is 6.38. The molecule has 2 saturated carbocycles. The molecule has 1 unspecified atom stereocenters. The van der Waals surface area contributed by atoms with E-state index >= 15 is 0 Å². The molecule has 2 fully saturated rings. The SMILES string of the molecule is CC(c1cccc(C(C)(C)C2CC2)c1OCc1ccccc1)C1CC1. The summed E-state index contributed by atoms with van der Waals surface area (Å²) in [4.78, 5) is 0. The van der Waals surface area contributed by atoms with Crippen LogP contribution in [0.15, 0.2) is 48.5 Å². The molecule has 0 bridgehead atoms. The first-order valence-electron chi connectivity index (χ1n) is 9.87. The van der Waals surface area contributed by atoms with E-state index in [4.69, 9.17) is 4.74 Å². The molecule has 0 heterocycles. The Morgan fingerprint density at radius 3 is 2.32 bits per heavy atom. The Bertz CT molecular complexity index is 723. The molecule has 25 heavy (non-hydrogen) atoms. The molecule has 1 heteroatoms. The highest BCUT2D eigenvalue weighted by Crippen LogP contribution is 2.52. The number of benzene rings is 2. The Kier molecular flexibility index (Phi) is 4.35. The highest BCUT2D eigenvalue weighted by atomic mass is 16.5. The van der Waals surface area contributed by atoms with Gasteiger partial charge in [0.2, 0.25) is 0 Å². The van der Waals surface area contributed by atoms with Gasteiger partial charge in [-0.2, -0.15) is 0 Å². The van der Waals surface area contributed by atoms with E-state index in [9.17, 15) is 0 Å². The predicted molar refractivity (Wildman–Crippen MR) is 104 cm³/mol. The summed E-state index contributed by atoms with van der Waals surface area (Å²) >= 11 is 0. The van der Waals surface area contributed by atoms with Crippen molar-refractivity contribution in [1.29, 1.82) is 0 Å². The normalized spacial score (nSPS) is 18.8. The Hall–Kier alpha value is -1.76. The number of hydrogen-bond acceptors (Lipinski definition) is 1. The molecule has 2 aliphatic carbocycles. The minimum atomic E-state index is 0.200. The third kappa shape index (κ3) is 3.47. The van der Waals surface area contributed by atoms with Crippen LogP contribution in [0.3, 0.4) is 0 Å². The number of hydrogen-bond donors (Lipinski definition) is 0. The van der Waals surface area contributed by atoms with Gasteiger partial charge in [0.1, 0.15) is 12.4 Å². The second kappa shape index (κ2) is 6.52. The van der Waals surface area contributed by atoms with E-state index in [1.807, 2.05) is 0 Å². The summed E-state index contributed by atoms with van der Waals surface area (Å²) in [6.07, 6.45) is 5.45. The smallest absolute Gasteiger partial charge is 0.127 e. The topological polar surface area (TPSA) is 9.23 Å². The summed E-state index contributed by atoms with van der Waals surface area (Å²) in [6.45, 7) is 7.85. The van der Waals surface area contributed by atoms with Gasteiger partial charge in [0.25, 0.3) is 0 Å². The van der Waals surface area contributed by atoms with E-state index in [0.717, 1.165) is 11.8 Å². The molecule has 2 aromatic rings. The van der Waals surface area contributed by atoms with Gasteiger partial charge >= 0.3 is 0 Å². The summed E-state index contributed by atoms with van der Waals surface area (Å²) in [5.74, 6) is 3.42. The zero-order valence-corrected chi connectivity index (χ0v) is 15.8. The maximum atomic E-state index is 6.52. The van der Waals surface area contributed by atoms with E-state index in [0.29, 0.717) is 12.5 Å². The van der Waals surface area contributed by atoms with Crippen LogP contribution in [0.4, 0.5) is 0 Å². The average Bonchev–Trinajstić information content (AvgIpc) is 3.51. The van der Waals surface area contributed by atoms with Gasteiger partial charge < -0.3 is 4.74 Å². The molecule has 0 radical (unpaired) electrons. The summed E-state index contributed by atoms with van der Waals surface area (Å²) in [6, 6.07) is 17.4. The fourth-order valence-corrected chi connectivity index (χ4v) is 4.19. The number of rotatable bonds is 7. The molecular weight excluding hydrogens is 304 g/mol. The van der Waals surface area contributed by atoms with Gasteiger partial charge in [-0.1, -0.05) is 69.3 Å². The molecule has 132 valence electrons.